The third-order valence-corrected chi connectivity index (χ3v) is 7.26. The molecule has 1 N–H and O–H groups in total. The molecule has 1 aliphatic rings. The molecule has 1 aliphatic heterocycles. The zero-order valence-electron chi connectivity index (χ0n) is 18.9. The highest BCUT2D eigenvalue weighted by molar-refractivity contribution is 9.10. The van der Waals surface area contributed by atoms with Gasteiger partial charge in [0, 0.05) is 48.4 Å². The van der Waals surface area contributed by atoms with Crippen LogP contribution in [0.4, 0.5) is 5.82 Å². The normalized spacial score (nSPS) is 16.1. The molecule has 34 heavy (non-hydrogen) atoms. The molecule has 0 spiro atoms. The van der Waals surface area contributed by atoms with Crippen molar-refractivity contribution in [2.45, 2.75) is 19.3 Å². The third kappa shape index (κ3) is 4.98. The average Bonchev–Trinajstić information content (AvgIpc) is 3.24. The predicted octanol–water partition coefficient (Wildman–Crippen LogP) is 6.69. The lowest BCUT2D eigenvalue weighted by molar-refractivity contribution is 0.221. The number of piperidine rings is 1. The highest BCUT2D eigenvalue weighted by Gasteiger charge is 2.22. The Hall–Kier alpha value is -2.83. The maximum Gasteiger partial charge on any atom is 0.172 e. The summed E-state index contributed by atoms with van der Waals surface area (Å²) in [6, 6.07) is 20.4. The fraction of sp³-hybridized carbons (Fsp3) is 0.259. The summed E-state index contributed by atoms with van der Waals surface area (Å²) in [5.74, 6) is 1.43. The van der Waals surface area contributed by atoms with E-state index in [-0.39, 0.29) is 0 Å². The van der Waals surface area contributed by atoms with Crippen LogP contribution in [-0.4, -0.2) is 39.1 Å². The predicted molar refractivity (Wildman–Crippen MR) is 143 cm³/mol. The highest BCUT2D eigenvalue weighted by Crippen LogP contribution is 2.31. The van der Waals surface area contributed by atoms with Crippen LogP contribution in [0.15, 0.2) is 83.6 Å². The molecule has 0 bridgehead atoms. The Kier molecular flexibility index (Phi) is 6.88. The number of likely N-dealkylation sites (tertiary alicyclic amines) is 1. The summed E-state index contributed by atoms with van der Waals surface area (Å²) in [6.45, 7) is 7.32. The van der Waals surface area contributed by atoms with Crippen LogP contribution in [0.2, 0.25) is 5.02 Å². The molecule has 5 rings (SSSR count). The first-order valence-corrected chi connectivity index (χ1v) is 12.8. The van der Waals surface area contributed by atoms with Crippen molar-refractivity contribution in [2.24, 2.45) is 5.92 Å². The number of anilines is 1. The number of benzene rings is 2. The molecule has 1 atom stereocenters. The van der Waals surface area contributed by atoms with Crippen molar-refractivity contribution < 1.29 is 0 Å². The summed E-state index contributed by atoms with van der Waals surface area (Å²) < 4.78 is 2.70. The number of halogens is 2. The molecule has 2 aromatic carbocycles. The first-order chi connectivity index (χ1) is 16.6. The molecular weight excluding hydrogens is 510 g/mol. The smallest absolute Gasteiger partial charge is 0.172 e. The second kappa shape index (κ2) is 10.2. The van der Waals surface area contributed by atoms with E-state index in [9.17, 15) is 0 Å². The van der Waals surface area contributed by atoms with Crippen molar-refractivity contribution in [3.8, 4) is 11.3 Å². The molecule has 2 aromatic heterocycles. The van der Waals surface area contributed by atoms with Gasteiger partial charge in [-0.25, -0.2) is 4.98 Å². The molecule has 0 aliphatic carbocycles. The number of allylic oxidation sites excluding steroid dienone is 1. The first-order valence-electron chi connectivity index (χ1n) is 11.6. The summed E-state index contributed by atoms with van der Waals surface area (Å²) >= 11 is 10.1. The molecule has 0 amide bonds. The summed E-state index contributed by atoms with van der Waals surface area (Å²) in [5.41, 5.74) is 5.00. The van der Waals surface area contributed by atoms with Gasteiger partial charge in [-0.3, -0.25) is 0 Å². The molecule has 0 radical (unpaired) electrons. The topological polar surface area (TPSA) is 45.5 Å². The lowest BCUT2D eigenvalue weighted by atomic mass is 9.96. The van der Waals surface area contributed by atoms with Crippen LogP contribution < -0.4 is 5.32 Å². The van der Waals surface area contributed by atoms with E-state index in [1.165, 1.54) is 24.1 Å². The minimum atomic E-state index is 0.521. The Balaban J connectivity index is 1.31. The number of rotatable bonds is 7. The van der Waals surface area contributed by atoms with E-state index >= 15 is 0 Å². The SMILES string of the molecule is C=C(Cc1ccccc1)N1CCCC(CNc2cc(-c3ccccc3Cl)nc3c(Br)cnn23)C1. The van der Waals surface area contributed by atoms with Crippen molar-refractivity contribution in [3.63, 3.8) is 0 Å². The van der Waals surface area contributed by atoms with Crippen molar-refractivity contribution in [1.82, 2.24) is 19.5 Å². The van der Waals surface area contributed by atoms with Gasteiger partial charge >= 0.3 is 0 Å². The van der Waals surface area contributed by atoms with E-state index in [4.69, 9.17) is 16.6 Å². The van der Waals surface area contributed by atoms with E-state index in [0.717, 1.165) is 53.3 Å². The highest BCUT2D eigenvalue weighted by atomic mass is 79.9. The van der Waals surface area contributed by atoms with Crippen LogP contribution in [0.1, 0.15) is 18.4 Å². The standard InChI is InChI=1S/C27H27BrClN5/c1-19(14-20-8-3-2-4-9-20)33-13-7-10-21(18-33)16-30-26-15-25(22-11-5-6-12-24(22)29)32-27-23(28)17-31-34(26)27/h2-6,8-9,11-12,15,17,21,30H,1,7,10,13-14,16,18H2. The van der Waals surface area contributed by atoms with E-state index in [0.29, 0.717) is 10.9 Å². The Bertz CT molecular complexity index is 1300. The molecule has 0 saturated carbocycles. The van der Waals surface area contributed by atoms with Crippen LogP contribution >= 0.6 is 27.5 Å². The van der Waals surface area contributed by atoms with E-state index in [1.807, 2.05) is 34.8 Å². The number of hydrogen-bond donors (Lipinski definition) is 1. The van der Waals surface area contributed by atoms with Gasteiger partial charge in [0.25, 0.3) is 0 Å². The molecule has 1 unspecified atom stereocenters. The fourth-order valence-electron chi connectivity index (χ4n) is 4.58. The van der Waals surface area contributed by atoms with Crippen molar-refractivity contribution in [1.29, 1.82) is 0 Å². The van der Waals surface area contributed by atoms with Crippen LogP contribution in [0, 0.1) is 5.92 Å². The van der Waals surface area contributed by atoms with Crippen LogP contribution in [-0.2, 0) is 6.42 Å². The Labute approximate surface area is 213 Å². The average molecular weight is 537 g/mol. The van der Waals surface area contributed by atoms with Crippen molar-refractivity contribution in [2.75, 3.05) is 25.0 Å². The second-order valence-corrected chi connectivity index (χ2v) is 10.1. The molecule has 174 valence electrons. The van der Waals surface area contributed by atoms with Gasteiger partial charge in [-0.15, -0.1) is 0 Å². The Morgan fingerprint density at radius 1 is 1.15 bits per heavy atom. The second-order valence-electron chi connectivity index (χ2n) is 8.80. The maximum absolute atomic E-state index is 6.47. The monoisotopic (exact) mass is 535 g/mol. The molecule has 5 nitrogen and oxygen atoms in total. The van der Waals surface area contributed by atoms with Crippen molar-refractivity contribution in [3.05, 3.63) is 94.2 Å². The van der Waals surface area contributed by atoms with Gasteiger partial charge in [-0.2, -0.15) is 9.61 Å². The molecule has 1 fully saturated rings. The zero-order chi connectivity index (χ0) is 23.5. The Morgan fingerprint density at radius 3 is 2.76 bits per heavy atom. The fourth-order valence-corrected chi connectivity index (χ4v) is 5.16. The maximum atomic E-state index is 6.47. The summed E-state index contributed by atoms with van der Waals surface area (Å²) in [7, 11) is 0. The number of nitrogens with zero attached hydrogens (tertiary/aromatic N) is 4. The lowest BCUT2D eigenvalue weighted by Gasteiger charge is -2.36. The van der Waals surface area contributed by atoms with Gasteiger partial charge in [0.15, 0.2) is 5.65 Å². The van der Waals surface area contributed by atoms with Crippen LogP contribution in [0.25, 0.3) is 16.9 Å². The molecule has 4 aromatic rings. The van der Waals surface area contributed by atoms with Gasteiger partial charge in [-0.1, -0.05) is 66.7 Å². The van der Waals surface area contributed by atoms with E-state index < -0.39 is 0 Å². The number of aromatic nitrogens is 3. The summed E-state index contributed by atoms with van der Waals surface area (Å²) in [4.78, 5) is 7.25. The number of fused-ring (bicyclic) bond motifs is 1. The quantitative estimate of drug-likeness (QED) is 0.286. The third-order valence-electron chi connectivity index (χ3n) is 6.37. The van der Waals surface area contributed by atoms with E-state index in [2.05, 4.69) is 68.2 Å². The van der Waals surface area contributed by atoms with Gasteiger partial charge in [0.05, 0.1) is 16.4 Å². The van der Waals surface area contributed by atoms with Crippen molar-refractivity contribution >= 4 is 39.0 Å². The number of nitrogens with one attached hydrogen (secondary N) is 1. The summed E-state index contributed by atoms with van der Waals surface area (Å²) in [5, 5.41) is 8.85. The van der Waals surface area contributed by atoms with Gasteiger partial charge < -0.3 is 10.2 Å². The summed E-state index contributed by atoms with van der Waals surface area (Å²) in [6.07, 6.45) is 5.04. The van der Waals surface area contributed by atoms with Crippen LogP contribution in [0.5, 0.6) is 0 Å². The van der Waals surface area contributed by atoms with E-state index in [1.54, 1.807) is 6.20 Å². The lowest BCUT2D eigenvalue weighted by Crippen LogP contribution is -2.37. The number of hydrogen-bond acceptors (Lipinski definition) is 4. The van der Waals surface area contributed by atoms with Gasteiger partial charge in [-0.05, 0) is 46.3 Å². The van der Waals surface area contributed by atoms with Gasteiger partial charge in [0.1, 0.15) is 5.82 Å². The minimum Gasteiger partial charge on any atom is -0.375 e. The van der Waals surface area contributed by atoms with Gasteiger partial charge in [0.2, 0.25) is 0 Å². The molecule has 3 heterocycles. The molecule has 1 saturated heterocycles. The Morgan fingerprint density at radius 2 is 1.94 bits per heavy atom. The first kappa shape index (κ1) is 22.9. The largest absolute Gasteiger partial charge is 0.375 e. The molecule has 7 heteroatoms. The zero-order valence-corrected chi connectivity index (χ0v) is 21.3. The molecular formula is C27H27BrClN5. The minimum absolute atomic E-state index is 0.521. The van der Waals surface area contributed by atoms with Crippen LogP contribution in [0.3, 0.4) is 0 Å².